The number of rotatable bonds is 5. The van der Waals surface area contributed by atoms with Crippen LogP contribution in [0.5, 0.6) is 0 Å². The highest BCUT2D eigenvalue weighted by Gasteiger charge is 2.38. The molecular weight excluding hydrogens is 377 g/mol. The summed E-state index contributed by atoms with van der Waals surface area (Å²) in [5.41, 5.74) is 6.68. The molecule has 4 atom stereocenters. The van der Waals surface area contributed by atoms with E-state index in [1.54, 1.807) is 11.5 Å². The van der Waals surface area contributed by atoms with Crippen LogP contribution in [0.1, 0.15) is 18.5 Å². The van der Waals surface area contributed by atoms with Gasteiger partial charge in [0, 0.05) is 18.8 Å². The molecule has 4 heterocycles. The maximum Gasteiger partial charge on any atom is 0.437 e. The fourth-order valence-corrected chi connectivity index (χ4v) is 4.10. The average Bonchev–Trinajstić information content (AvgIpc) is 3.32. The second-order valence-electron chi connectivity index (χ2n) is 6.12. The number of hydrogen-bond acceptors (Lipinski definition) is 9. The number of nitrogens with zero attached hydrogens (tertiary/aromatic N) is 6. The molecule has 1 saturated heterocycles. The van der Waals surface area contributed by atoms with Crippen LogP contribution in [0.3, 0.4) is 0 Å². The third kappa shape index (κ3) is 3.22. The zero-order chi connectivity index (χ0) is 19.2. The first-order chi connectivity index (χ1) is 12.9. The van der Waals surface area contributed by atoms with Crippen LogP contribution in [0.25, 0.3) is 11.2 Å². The minimum Gasteiger partial charge on any atom is -0.390 e. The highest BCUT2D eigenvalue weighted by molar-refractivity contribution is 7.51. The maximum absolute atomic E-state index is 12.4. The molecule has 0 aromatic carbocycles. The van der Waals surface area contributed by atoms with Crippen molar-refractivity contribution in [3.05, 3.63) is 30.9 Å². The highest BCUT2D eigenvalue weighted by atomic mass is 31.2. The minimum atomic E-state index is -4.13. The lowest BCUT2D eigenvalue weighted by Crippen LogP contribution is -2.26. The van der Waals surface area contributed by atoms with Crippen molar-refractivity contribution in [3.63, 3.8) is 0 Å². The predicted molar refractivity (Wildman–Crippen MR) is 92.4 cm³/mol. The van der Waals surface area contributed by atoms with Gasteiger partial charge in [0.1, 0.15) is 30.0 Å². The Labute approximate surface area is 153 Å². The molecular formula is C14H18N7O5P. The standard InChI is InChI=1S/C14H18N7O5P/c1-8-16-2-3-21(8)27(23,24)25-5-10-9(22)4-11(26-10)20-7-19-12-13(15)17-6-18-14(12)20/h2-3,6-7,9-11,22H,4-5H2,1H3,(H,23,24)(H2,15,17,18)/t9-,10+,11+/m0/s1. The number of fused-ring (bicyclic) bond motifs is 1. The van der Waals surface area contributed by atoms with Crippen LogP contribution in [0.15, 0.2) is 25.0 Å². The van der Waals surface area contributed by atoms with E-state index in [2.05, 4.69) is 19.9 Å². The smallest absolute Gasteiger partial charge is 0.390 e. The molecule has 4 N–H and O–H groups in total. The molecule has 0 spiro atoms. The molecule has 0 aliphatic carbocycles. The summed E-state index contributed by atoms with van der Waals surface area (Å²) in [6.07, 6.45) is 3.55. The molecule has 0 amide bonds. The first kappa shape index (κ1) is 18.0. The molecule has 0 radical (unpaired) electrons. The summed E-state index contributed by atoms with van der Waals surface area (Å²) < 4.78 is 26.0. The Morgan fingerprint density at radius 3 is 2.96 bits per heavy atom. The second-order valence-corrected chi connectivity index (χ2v) is 7.79. The maximum atomic E-state index is 12.4. The molecule has 0 saturated carbocycles. The van der Waals surface area contributed by atoms with Gasteiger partial charge in [-0.3, -0.25) is 9.09 Å². The number of aryl methyl sites for hydroxylation is 1. The van der Waals surface area contributed by atoms with Gasteiger partial charge in [-0.15, -0.1) is 0 Å². The van der Waals surface area contributed by atoms with Gasteiger partial charge in [-0.25, -0.2) is 28.8 Å². The molecule has 13 heteroatoms. The number of aliphatic hydroxyl groups is 1. The molecule has 27 heavy (non-hydrogen) atoms. The van der Waals surface area contributed by atoms with Crippen LogP contribution in [-0.2, 0) is 13.8 Å². The lowest BCUT2D eigenvalue weighted by atomic mass is 10.2. The summed E-state index contributed by atoms with van der Waals surface area (Å²) in [6, 6.07) is 0. The topological polar surface area (TPSA) is 163 Å². The Balaban J connectivity index is 1.48. The molecule has 0 bridgehead atoms. The largest absolute Gasteiger partial charge is 0.437 e. The van der Waals surface area contributed by atoms with Crippen LogP contribution in [0.4, 0.5) is 5.82 Å². The first-order valence-electron chi connectivity index (χ1n) is 8.11. The zero-order valence-electron chi connectivity index (χ0n) is 14.3. The van der Waals surface area contributed by atoms with Gasteiger partial charge in [-0.05, 0) is 6.92 Å². The number of anilines is 1. The van der Waals surface area contributed by atoms with E-state index in [0.717, 1.165) is 4.34 Å². The number of aromatic nitrogens is 6. The summed E-state index contributed by atoms with van der Waals surface area (Å²) in [7, 11) is -4.13. The van der Waals surface area contributed by atoms with Crippen molar-refractivity contribution in [2.24, 2.45) is 0 Å². The van der Waals surface area contributed by atoms with Gasteiger partial charge in [0.05, 0.1) is 19.0 Å². The molecule has 144 valence electrons. The van der Waals surface area contributed by atoms with E-state index in [1.165, 1.54) is 25.0 Å². The fraction of sp³-hybridized carbons (Fsp3) is 0.429. The molecule has 1 aliphatic heterocycles. The van der Waals surface area contributed by atoms with Gasteiger partial charge in [-0.2, -0.15) is 0 Å². The molecule has 3 aromatic rings. The SMILES string of the molecule is Cc1nccn1P(=O)(O)OC[C@H]1O[C@@H](n2cnc3c(N)ncnc32)C[C@@H]1O. The Morgan fingerprint density at radius 2 is 2.22 bits per heavy atom. The number of ether oxygens (including phenoxy) is 1. The van der Waals surface area contributed by atoms with Gasteiger partial charge in [-0.1, -0.05) is 0 Å². The second kappa shape index (κ2) is 6.66. The summed E-state index contributed by atoms with van der Waals surface area (Å²) in [4.78, 5) is 26.2. The number of nitrogens with two attached hydrogens (primary N) is 1. The van der Waals surface area contributed by atoms with E-state index in [1.807, 2.05) is 0 Å². The summed E-state index contributed by atoms with van der Waals surface area (Å²) in [6.45, 7) is 1.31. The van der Waals surface area contributed by atoms with Gasteiger partial charge in [0.15, 0.2) is 11.5 Å². The van der Waals surface area contributed by atoms with E-state index in [4.69, 9.17) is 15.0 Å². The van der Waals surface area contributed by atoms with E-state index in [-0.39, 0.29) is 18.8 Å². The van der Waals surface area contributed by atoms with Crippen LogP contribution in [0, 0.1) is 6.92 Å². The van der Waals surface area contributed by atoms with E-state index < -0.39 is 26.2 Å². The summed E-state index contributed by atoms with van der Waals surface area (Å²) >= 11 is 0. The molecule has 1 unspecified atom stereocenters. The normalized spacial score (nSPS) is 25.1. The third-order valence-electron chi connectivity index (χ3n) is 4.38. The first-order valence-corrected chi connectivity index (χ1v) is 9.64. The van der Waals surface area contributed by atoms with Crippen molar-refractivity contribution in [1.29, 1.82) is 0 Å². The Bertz CT molecular complexity index is 1020. The highest BCUT2D eigenvalue weighted by Crippen LogP contribution is 2.45. The van der Waals surface area contributed by atoms with Gasteiger partial charge < -0.3 is 20.5 Å². The van der Waals surface area contributed by atoms with Gasteiger partial charge in [0.25, 0.3) is 0 Å². The molecule has 1 fully saturated rings. The number of aliphatic hydroxyl groups excluding tert-OH is 1. The molecule has 3 aromatic heterocycles. The van der Waals surface area contributed by atoms with E-state index >= 15 is 0 Å². The van der Waals surface area contributed by atoms with Gasteiger partial charge in [0.2, 0.25) is 0 Å². The fourth-order valence-electron chi connectivity index (χ4n) is 2.99. The van der Waals surface area contributed by atoms with Crippen LogP contribution < -0.4 is 5.73 Å². The van der Waals surface area contributed by atoms with Crippen molar-refractivity contribution >= 4 is 24.7 Å². The Hall–Kier alpha value is -2.37. The number of nitrogen functional groups attached to an aromatic ring is 1. The third-order valence-corrected chi connectivity index (χ3v) is 5.83. The predicted octanol–water partition coefficient (Wildman–Crippen LogP) is 0.227. The Morgan fingerprint density at radius 1 is 1.41 bits per heavy atom. The van der Waals surface area contributed by atoms with E-state index in [0.29, 0.717) is 17.0 Å². The number of imidazole rings is 2. The summed E-state index contributed by atoms with van der Waals surface area (Å²) in [5, 5.41) is 10.3. The quantitative estimate of drug-likeness (QED) is 0.509. The number of hydrogen-bond donors (Lipinski definition) is 3. The van der Waals surface area contributed by atoms with E-state index in [9.17, 15) is 14.6 Å². The minimum absolute atomic E-state index is 0.239. The van der Waals surface area contributed by atoms with Crippen molar-refractivity contribution in [3.8, 4) is 0 Å². The molecule has 4 rings (SSSR count). The van der Waals surface area contributed by atoms with Crippen LogP contribution >= 0.6 is 7.75 Å². The van der Waals surface area contributed by atoms with Crippen molar-refractivity contribution in [2.75, 3.05) is 12.3 Å². The van der Waals surface area contributed by atoms with Crippen molar-refractivity contribution in [1.82, 2.24) is 28.8 Å². The van der Waals surface area contributed by atoms with Gasteiger partial charge >= 0.3 is 7.75 Å². The monoisotopic (exact) mass is 395 g/mol. The summed E-state index contributed by atoms with van der Waals surface area (Å²) in [5.74, 6) is 0.586. The van der Waals surface area contributed by atoms with Crippen LogP contribution in [-0.4, -0.2) is 57.7 Å². The molecule has 12 nitrogen and oxygen atoms in total. The van der Waals surface area contributed by atoms with Crippen LogP contribution in [0.2, 0.25) is 0 Å². The lowest BCUT2D eigenvalue weighted by molar-refractivity contribution is -0.0400. The van der Waals surface area contributed by atoms with Crippen molar-refractivity contribution in [2.45, 2.75) is 31.8 Å². The Kier molecular flexibility index (Phi) is 4.44. The molecule has 1 aliphatic rings. The van der Waals surface area contributed by atoms with Crippen molar-refractivity contribution < 1.29 is 23.8 Å². The lowest BCUT2D eigenvalue weighted by Gasteiger charge is -2.19. The zero-order valence-corrected chi connectivity index (χ0v) is 15.2. The average molecular weight is 395 g/mol.